The third-order valence-electron chi connectivity index (χ3n) is 2.99. The average molecular weight is 275 g/mol. The molecular weight excluding hydrogens is 258 g/mol. The first kappa shape index (κ1) is 13.7. The molecule has 0 bridgehead atoms. The van der Waals surface area contributed by atoms with Crippen LogP contribution in [0.3, 0.4) is 0 Å². The molecule has 2 aromatic heterocycles. The second-order valence-electron chi connectivity index (χ2n) is 4.64. The first-order chi connectivity index (χ1) is 9.11. The van der Waals surface area contributed by atoms with E-state index in [1.165, 1.54) is 0 Å². The lowest BCUT2D eigenvalue weighted by Gasteiger charge is -2.24. The summed E-state index contributed by atoms with van der Waals surface area (Å²) in [5.74, 6) is 1.25. The Hall–Kier alpha value is -1.71. The lowest BCUT2D eigenvalue weighted by atomic mass is 10.3. The molecule has 0 spiro atoms. The van der Waals surface area contributed by atoms with Crippen molar-refractivity contribution >= 4 is 27.4 Å². The van der Waals surface area contributed by atoms with Crippen LogP contribution in [0.2, 0.25) is 0 Å². The quantitative estimate of drug-likeness (QED) is 0.906. The molecule has 0 aliphatic rings. The van der Waals surface area contributed by atoms with Crippen molar-refractivity contribution in [1.29, 1.82) is 5.26 Å². The molecule has 0 aliphatic heterocycles. The van der Waals surface area contributed by atoms with Crippen LogP contribution in [0.5, 0.6) is 0 Å². The number of anilines is 1. The Bertz CT molecular complexity index is 599. The predicted octanol–water partition coefficient (Wildman–Crippen LogP) is 2.40. The van der Waals surface area contributed by atoms with Crippen LogP contribution < -0.4 is 5.73 Å². The third-order valence-corrected chi connectivity index (χ3v) is 3.79. The van der Waals surface area contributed by atoms with Gasteiger partial charge in [0.25, 0.3) is 0 Å². The molecule has 2 rings (SSSR count). The molecule has 0 amide bonds. The minimum absolute atomic E-state index is 0.345. The number of hydrogen-bond donors (Lipinski definition) is 1. The standard InChI is InChI=1S/C13H17N5S/c1-9(2)18(6-3-5-14)8-11-16-12(15)10-4-7-19-13(10)17-11/h4,7,9H,3,6,8H2,1-2H3,(H2,15,16,17). The van der Waals surface area contributed by atoms with Crippen molar-refractivity contribution in [2.24, 2.45) is 0 Å². The topological polar surface area (TPSA) is 78.8 Å². The molecular formula is C13H17N5S. The van der Waals surface area contributed by atoms with Crippen LogP contribution in [-0.4, -0.2) is 27.5 Å². The maximum absolute atomic E-state index is 8.69. The van der Waals surface area contributed by atoms with Crippen molar-refractivity contribution in [2.45, 2.75) is 32.9 Å². The Labute approximate surface area is 116 Å². The van der Waals surface area contributed by atoms with Crippen molar-refractivity contribution < 1.29 is 0 Å². The molecule has 19 heavy (non-hydrogen) atoms. The number of rotatable bonds is 5. The normalized spacial score (nSPS) is 11.3. The van der Waals surface area contributed by atoms with Gasteiger partial charge >= 0.3 is 0 Å². The molecule has 2 aromatic rings. The van der Waals surface area contributed by atoms with Crippen LogP contribution in [0.4, 0.5) is 5.82 Å². The molecule has 0 aromatic carbocycles. The number of fused-ring (bicyclic) bond motifs is 1. The maximum Gasteiger partial charge on any atom is 0.146 e. The van der Waals surface area contributed by atoms with Gasteiger partial charge in [0.05, 0.1) is 18.0 Å². The van der Waals surface area contributed by atoms with E-state index >= 15 is 0 Å². The smallest absolute Gasteiger partial charge is 0.146 e. The largest absolute Gasteiger partial charge is 0.383 e. The summed E-state index contributed by atoms with van der Waals surface area (Å²) in [6.45, 7) is 5.55. The summed E-state index contributed by atoms with van der Waals surface area (Å²) >= 11 is 1.57. The van der Waals surface area contributed by atoms with E-state index in [9.17, 15) is 0 Å². The Balaban J connectivity index is 2.21. The molecule has 2 N–H and O–H groups in total. The summed E-state index contributed by atoms with van der Waals surface area (Å²) in [6, 6.07) is 4.45. The van der Waals surface area contributed by atoms with Gasteiger partial charge in [0.15, 0.2) is 0 Å². The molecule has 0 atom stereocenters. The number of hydrogen-bond acceptors (Lipinski definition) is 6. The van der Waals surface area contributed by atoms with Crippen molar-refractivity contribution in [1.82, 2.24) is 14.9 Å². The van der Waals surface area contributed by atoms with E-state index in [2.05, 4.69) is 34.8 Å². The van der Waals surface area contributed by atoms with Crippen molar-refractivity contribution in [3.8, 4) is 6.07 Å². The van der Waals surface area contributed by atoms with E-state index in [0.717, 1.165) is 22.6 Å². The molecule has 0 radical (unpaired) electrons. The van der Waals surface area contributed by atoms with E-state index < -0.39 is 0 Å². The highest BCUT2D eigenvalue weighted by molar-refractivity contribution is 7.16. The summed E-state index contributed by atoms with van der Waals surface area (Å²) in [5, 5.41) is 11.6. The lowest BCUT2D eigenvalue weighted by molar-refractivity contribution is 0.213. The third kappa shape index (κ3) is 3.19. The minimum Gasteiger partial charge on any atom is -0.383 e. The minimum atomic E-state index is 0.345. The Kier molecular flexibility index (Phi) is 4.30. The van der Waals surface area contributed by atoms with E-state index in [0.29, 0.717) is 24.8 Å². The highest BCUT2D eigenvalue weighted by atomic mass is 32.1. The Morgan fingerprint density at radius 2 is 2.26 bits per heavy atom. The van der Waals surface area contributed by atoms with Crippen LogP contribution in [0.15, 0.2) is 11.4 Å². The van der Waals surface area contributed by atoms with Crippen LogP contribution in [-0.2, 0) is 6.54 Å². The van der Waals surface area contributed by atoms with E-state index in [4.69, 9.17) is 11.0 Å². The summed E-state index contributed by atoms with van der Waals surface area (Å²) in [5.41, 5.74) is 5.94. The van der Waals surface area contributed by atoms with Crippen LogP contribution >= 0.6 is 11.3 Å². The number of nitriles is 1. The zero-order chi connectivity index (χ0) is 13.8. The summed E-state index contributed by atoms with van der Waals surface area (Å²) < 4.78 is 0. The van der Waals surface area contributed by atoms with Crippen molar-refractivity contribution in [2.75, 3.05) is 12.3 Å². The number of nitrogen functional groups attached to an aromatic ring is 1. The van der Waals surface area contributed by atoms with Gasteiger partial charge in [0.2, 0.25) is 0 Å². The van der Waals surface area contributed by atoms with E-state index in [-0.39, 0.29) is 0 Å². The van der Waals surface area contributed by atoms with E-state index in [1.54, 1.807) is 11.3 Å². The van der Waals surface area contributed by atoms with Gasteiger partial charge in [-0.05, 0) is 25.3 Å². The van der Waals surface area contributed by atoms with Gasteiger partial charge in [-0.25, -0.2) is 9.97 Å². The highest BCUT2D eigenvalue weighted by Crippen LogP contribution is 2.23. The monoisotopic (exact) mass is 275 g/mol. The fourth-order valence-corrected chi connectivity index (χ4v) is 2.68. The number of thiophene rings is 1. The Morgan fingerprint density at radius 3 is 2.95 bits per heavy atom. The summed E-state index contributed by atoms with van der Waals surface area (Å²) in [6.07, 6.45) is 0.509. The zero-order valence-electron chi connectivity index (χ0n) is 11.1. The fraction of sp³-hybridized carbons (Fsp3) is 0.462. The molecule has 2 heterocycles. The number of nitrogens with zero attached hydrogens (tertiary/aromatic N) is 4. The van der Waals surface area contributed by atoms with Gasteiger partial charge < -0.3 is 5.73 Å². The van der Waals surface area contributed by atoms with Gasteiger partial charge in [-0.1, -0.05) is 0 Å². The van der Waals surface area contributed by atoms with Gasteiger partial charge in [-0.3, -0.25) is 4.90 Å². The summed E-state index contributed by atoms with van der Waals surface area (Å²) in [7, 11) is 0. The van der Waals surface area contributed by atoms with Gasteiger partial charge in [-0.15, -0.1) is 11.3 Å². The first-order valence-corrected chi connectivity index (χ1v) is 7.10. The Morgan fingerprint density at radius 1 is 1.47 bits per heavy atom. The number of nitrogens with two attached hydrogens (primary N) is 1. The molecule has 6 heteroatoms. The fourth-order valence-electron chi connectivity index (χ4n) is 1.89. The number of aromatic nitrogens is 2. The van der Waals surface area contributed by atoms with E-state index in [1.807, 2.05) is 11.4 Å². The molecule has 0 saturated carbocycles. The second-order valence-corrected chi connectivity index (χ2v) is 5.53. The molecule has 0 unspecified atom stereocenters. The first-order valence-electron chi connectivity index (χ1n) is 6.22. The summed E-state index contributed by atoms with van der Waals surface area (Å²) in [4.78, 5) is 12.0. The SMILES string of the molecule is CC(C)N(CCC#N)Cc1nc(N)c2ccsc2n1. The van der Waals surface area contributed by atoms with Gasteiger partial charge in [0.1, 0.15) is 16.5 Å². The molecule has 0 fully saturated rings. The van der Waals surface area contributed by atoms with Crippen LogP contribution in [0, 0.1) is 11.3 Å². The highest BCUT2D eigenvalue weighted by Gasteiger charge is 2.13. The van der Waals surface area contributed by atoms with Crippen molar-refractivity contribution in [3.05, 3.63) is 17.3 Å². The molecule has 0 saturated heterocycles. The molecule has 100 valence electrons. The van der Waals surface area contributed by atoms with Crippen LogP contribution in [0.1, 0.15) is 26.1 Å². The zero-order valence-corrected chi connectivity index (χ0v) is 11.9. The van der Waals surface area contributed by atoms with Crippen molar-refractivity contribution in [3.63, 3.8) is 0 Å². The maximum atomic E-state index is 8.69. The van der Waals surface area contributed by atoms with Gasteiger partial charge in [0, 0.05) is 19.0 Å². The average Bonchev–Trinajstić information content (AvgIpc) is 2.82. The van der Waals surface area contributed by atoms with Crippen LogP contribution in [0.25, 0.3) is 10.2 Å². The predicted molar refractivity (Wildman–Crippen MR) is 77.6 cm³/mol. The molecule has 5 nitrogen and oxygen atoms in total. The van der Waals surface area contributed by atoms with Gasteiger partial charge in [-0.2, -0.15) is 5.26 Å². The second kappa shape index (κ2) is 5.95. The lowest BCUT2D eigenvalue weighted by Crippen LogP contribution is -2.32. The molecule has 0 aliphatic carbocycles.